The Morgan fingerprint density at radius 3 is 3.33 bits per heavy atom. The molecular weight excluding hydrogens is 174 g/mol. The Bertz CT molecular complexity index is 686. The van der Waals surface area contributed by atoms with Crippen LogP contribution < -0.4 is 0 Å². The van der Waals surface area contributed by atoms with Crippen LogP contribution in [0.3, 0.4) is 0 Å². The minimum atomic E-state index is -2.73. The van der Waals surface area contributed by atoms with Crippen molar-refractivity contribution in [3.63, 3.8) is 0 Å². The molecule has 0 fully saturated rings. The van der Waals surface area contributed by atoms with E-state index in [1.165, 1.54) is 0 Å². The SMILES string of the molecule is [2H]c1c(Cl)nn2c([2H])c(C([2H])([2H])[2H])nc2c1C([2H])([2H])[2H]. The van der Waals surface area contributed by atoms with Gasteiger partial charge in [-0.1, -0.05) is 11.6 Å². The molecule has 2 aromatic heterocycles. The highest BCUT2D eigenvalue weighted by molar-refractivity contribution is 6.29. The first-order valence-electron chi connectivity index (χ1n) is 7.01. The Hall–Kier alpha value is -1.09. The number of nitrogens with zero attached hydrogens (tertiary/aromatic N) is 3. The van der Waals surface area contributed by atoms with Gasteiger partial charge in [-0.25, -0.2) is 9.50 Å². The maximum Gasteiger partial charge on any atom is 0.156 e. The molecule has 3 nitrogen and oxygen atoms in total. The number of aromatic nitrogens is 3. The zero-order valence-electron chi connectivity index (χ0n) is 13.7. The van der Waals surface area contributed by atoms with Crippen LogP contribution in [-0.2, 0) is 0 Å². The maximum atomic E-state index is 7.72. The summed E-state index contributed by atoms with van der Waals surface area (Å²) in [5, 5.41) is 3.19. The minimum Gasteiger partial charge on any atom is -0.232 e. The van der Waals surface area contributed by atoms with E-state index in [9.17, 15) is 0 Å². The van der Waals surface area contributed by atoms with Crippen LogP contribution in [-0.4, -0.2) is 14.6 Å². The predicted octanol–water partition coefficient (Wildman–Crippen LogP) is 2.00. The Balaban J connectivity index is 2.96. The summed E-state index contributed by atoms with van der Waals surface area (Å²) in [5.74, 6) is 0. The number of imidazole rings is 1. The van der Waals surface area contributed by atoms with Crippen molar-refractivity contribution < 1.29 is 11.0 Å². The van der Waals surface area contributed by atoms with E-state index in [0.717, 1.165) is 4.52 Å². The summed E-state index contributed by atoms with van der Waals surface area (Å²) in [5.41, 5.74) is -1.48. The molecule has 0 unspecified atom stereocenters. The lowest BCUT2D eigenvalue weighted by molar-refractivity contribution is 0.927. The van der Waals surface area contributed by atoms with Gasteiger partial charge < -0.3 is 0 Å². The van der Waals surface area contributed by atoms with Crippen LogP contribution in [0.1, 0.15) is 22.2 Å². The van der Waals surface area contributed by atoms with Gasteiger partial charge in [0.2, 0.25) is 0 Å². The van der Waals surface area contributed by atoms with Crippen molar-refractivity contribution in [1.82, 2.24) is 14.6 Å². The molecule has 0 atom stereocenters. The molecule has 0 aromatic carbocycles. The van der Waals surface area contributed by atoms with Crippen LogP contribution in [0.4, 0.5) is 0 Å². The lowest BCUT2D eigenvalue weighted by Gasteiger charge is -1.96. The first-order valence-corrected chi connectivity index (χ1v) is 3.38. The molecule has 2 aromatic rings. The number of halogens is 1. The molecule has 0 saturated heterocycles. The summed E-state index contributed by atoms with van der Waals surface area (Å²) in [7, 11) is 0. The van der Waals surface area contributed by atoms with E-state index >= 15 is 0 Å². The fraction of sp³-hybridized carbons (Fsp3) is 0.250. The van der Waals surface area contributed by atoms with Crippen molar-refractivity contribution in [1.29, 1.82) is 0 Å². The van der Waals surface area contributed by atoms with Crippen LogP contribution in [0.15, 0.2) is 12.2 Å². The largest absolute Gasteiger partial charge is 0.232 e. The van der Waals surface area contributed by atoms with Crippen molar-refractivity contribution in [2.45, 2.75) is 13.7 Å². The third kappa shape index (κ3) is 1.06. The monoisotopic (exact) mass is 189 g/mol. The first-order chi connectivity index (χ1) is 8.94. The predicted molar refractivity (Wildman–Crippen MR) is 47.5 cm³/mol. The van der Waals surface area contributed by atoms with Crippen LogP contribution in [0.2, 0.25) is 5.15 Å². The average molecular weight is 190 g/mol. The third-order valence-corrected chi connectivity index (χ3v) is 1.44. The van der Waals surface area contributed by atoms with E-state index < -0.39 is 42.3 Å². The molecule has 12 heavy (non-hydrogen) atoms. The molecule has 0 saturated carbocycles. The molecule has 0 aliphatic rings. The Morgan fingerprint density at radius 1 is 1.67 bits per heavy atom. The number of hydrogen-bond acceptors (Lipinski definition) is 2. The smallest absolute Gasteiger partial charge is 0.156 e. The third-order valence-electron chi connectivity index (χ3n) is 1.27. The van der Waals surface area contributed by atoms with Gasteiger partial charge in [-0.2, -0.15) is 5.10 Å². The van der Waals surface area contributed by atoms with Crippen molar-refractivity contribution in [3.8, 4) is 0 Å². The van der Waals surface area contributed by atoms with Gasteiger partial charge in [-0.3, -0.25) is 0 Å². The van der Waals surface area contributed by atoms with Crippen LogP contribution in [0, 0.1) is 13.7 Å². The van der Waals surface area contributed by atoms with E-state index in [1.807, 2.05) is 0 Å². The fourth-order valence-electron chi connectivity index (χ4n) is 0.838. The molecule has 4 heteroatoms. The highest BCUT2D eigenvalue weighted by Gasteiger charge is 2.02. The Morgan fingerprint density at radius 2 is 2.58 bits per heavy atom. The van der Waals surface area contributed by atoms with Gasteiger partial charge in [0.05, 0.1) is 14.6 Å². The number of rotatable bonds is 0. The molecule has 0 aliphatic heterocycles. The summed E-state index contributed by atoms with van der Waals surface area (Å²) < 4.78 is 60.1. The molecule has 2 heterocycles. The first kappa shape index (κ1) is 2.70. The highest BCUT2D eigenvalue weighted by Crippen LogP contribution is 2.12. The number of hydrogen-bond donors (Lipinski definition) is 0. The van der Waals surface area contributed by atoms with Crippen LogP contribution in [0.25, 0.3) is 5.65 Å². The molecule has 0 aliphatic carbocycles. The van der Waals surface area contributed by atoms with Crippen LogP contribution >= 0.6 is 11.6 Å². The molecular formula is C8H8ClN3. The van der Waals surface area contributed by atoms with Gasteiger partial charge in [0, 0.05) is 8.22 Å². The van der Waals surface area contributed by atoms with Crippen LogP contribution in [0.5, 0.6) is 0 Å². The molecule has 0 amide bonds. The summed E-state index contributed by atoms with van der Waals surface area (Å²) in [6, 6.07) is -0.554. The topological polar surface area (TPSA) is 30.2 Å². The molecule has 2 rings (SSSR count). The zero-order valence-corrected chi connectivity index (χ0v) is 6.48. The van der Waals surface area contributed by atoms with E-state index in [2.05, 4.69) is 10.1 Å². The van der Waals surface area contributed by atoms with E-state index in [0.29, 0.717) is 0 Å². The van der Waals surface area contributed by atoms with Crippen molar-refractivity contribution in [2.75, 3.05) is 0 Å². The second-order valence-corrected chi connectivity index (χ2v) is 2.46. The Labute approximate surface area is 86.2 Å². The zero-order chi connectivity index (χ0) is 15.5. The summed E-state index contributed by atoms with van der Waals surface area (Å²) in [4.78, 5) is 3.66. The van der Waals surface area contributed by atoms with Gasteiger partial charge in [-0.05, 0) is 25.3 Å². The summed E-state index contributed by atoms with van der Waals surface area (Å²) in [6.45, 7) is -5.42. The molecule has 0 bridgehead atoms. The van der Waals surface area contributed by atoms with E-state index in [1.54, 1.807) is 0 Å². The quantitative estimate of drug-likeness (QED) is 0.635. The second-order valence-electron chi connectivity index (χ2n) is 2.10. The molecule has 0 N–H and O–H groups in total. The number of fused-ring (bicyclic) bond motifs is 1. The number of aryl methyl sites for hydroxylation is 2. The van der Waals surface area contributed by atoms with E-state index in [-0.39, 0.29) is 5.65 Å². The van der Waals surface area contributed by atoms with Gasteiger partial charge in [0.25, 0.3) is 0 Å². The fourth-order valence-corrected chi connectivity index (χ4v) is 1.01. The average Bonchev–Trinajstić information content (AvgIpc) is 2.55. The molecule has 0 spiro atoms. The second kappa shape index (κ2) is 2.45. The van der Waals surface area contributed by atoms with Gasteiger partial charge in [-0.15, -0.1) is 0 Å². The normalized spacial score (nSPS) is 22.8. The summed E-state index contributed by atoms with van der Waals surface area (Å²) in [6.07, 6.45) is -0.576. The van der Waals surface area contributed by atoms with E-state index in [4.69, 9.17) is 22.6 Å². The van der Waals surface area contributed by atoms with Gasteiger partial charge >= 0.3 is 0 Å². The van der Waals surface area contributed by atoms with Gasteiger partial charge in [0.15, 0.2) is 5.65 Å². The van der Waals surface area contributed by atoms with Gasteiger partial charge in [0.1, 0.15) is 5.15 Å². The minimum absolute atomic E-state index is 0.365. The molecule has 62 valence electrons. The maximum absolute atomic E-state index is 7.72. The summed E-state index contributed by atoms with van der Waals surface area (Å²) >= 11 is 5.67. The van der Waals surface area contributed by atoms with Crippen molar-refractivity contribution in [3.05, 3.63) is 28.6 Å². The lowest BCUT2D eigenvalue weighted by atomic mass is 10.3. The van der Waals surface area contributed by atoms with Crippen molar-refractivity contribution in [2.24, 2.45) is 0 Å². The standard InChI is InChI=1S/C8H8ClN3/c1-5-3-7(9)11-12-4-6(2)10-8(5)12/h3-4H,1-2H3/i1D3,2D3,3D,4D. The Kier molecular flexibility index (Phi) is 0.552. The lowest BCUT2D eigenvalue weighted by Crippen LogP contribution is -1.92. The molecule has 0 radical (unpaired) electrons. The van der Waals surface area contributed by atoms with Crippen molar-refractivity contribution >= 4 is 17.2 Å². The highest BCUT2D eigenvalue weighted by atomic mass is 35.5.